The second-order valence-corrected chi connectivity index (χ2v) is 10.1. The minimum absolute atomic E-state index is 0.351. The Morgan fingerprint density at radius 2 is 1.75 bits per heavy atom. The van der Waals surface area contributed by atoms with E-state index < -0.39 is 0 Å². The van der Waals surface area contributed by atoms with Crippen molar-refractivity contribution < 1.29 is 14.2 Å². The van der Waals surface area contributed by atoms with Crippen LogP contribution >= 0.6 is 0 Å². The Balaban J connectivity index is 1.34. The molecule has 0 unspecified atom stereocenters. The molecule has 1 saturated heterocycles. The Hall–Kier alpha value is -4.42. The van der Waals surface area contributed by atoms with Gasteiger partial charge >= 0.3 is 0 Å². The lowest BCUT2D eigenvalue weighted by atomic mass is 9.98. The number of hydrogen-bond donors (Lipinski definition) is 0. The van der Waals surface area contributed by atoms with Gasteiger partial charge in [0.05, 0.1) is 31.5 Å². The van der Waals surface area contributed by atoms with Gasteiger partial charge in [-0.1, -0.05) is 12.1 Å². The highest BCUT2D eigenvalue weighted by Crippen LogP contribution is 2.31. The molecule has 3 heterocycles. The van der Waals surface area contributed by atoms with E-state index in [0.717, 1.165) is 54.0 Å². The van der Waals surface area contributed by atoms with E-state index in [1.54, 1.807) is 26.5 Å². The van der Waals surface area contributed by atoms with Crippen LogP contribution in [0.1, 0.15) is 35.1 Å². The van der Waals surface area contributed by atoms with Crippen molar-refractivity contribution >= 4 is 16.9 Å². The molecule has 0 atom stereocenters. The maximum atomic E-state index is 10.2. The number of fused-ring (bicyclic) bond motifs is 1. The van der Waals surface area contributed by atoms with Crippen LogP contribution in [0.4, 0.5) is 5.82 Å². The molecule has 2 aromatic carbocycles. The molecule has 1 aliphatic heterocycles. The SMILES string of the molecule is COc1ccc(COc2ccc(Cc3ccc4ncc(N5CCC(N(C)C)CC5)nc4c3C#N)cc2OC)cn1. The number of rotatable bonds is 9. The first-order valence-electron chi connectivity index (χ1n) is 13.4. The summed E-state index contributed by atoms with van der Waals surface area (Å²) >= 11 is 0. The van der Waals surface area contributed by atoms with Gasteiger partial charge in [-0.05, 0) is 68.8 Å². The Morgan fingerprint density at radius 1 is 0.950 bits per heavy atom. The van der Waals surface area contributed by atoms with Crippen molar-refractivity contribution in [1.82, 2.24) is 19.9 Å². The summed E-state index contributed by atoms with van der Waals surface area (Å²) in [6.07, 6.45) is 6.26. The van der Waals surface area contributed by atoms with Crippen LogP contribution in [0, 0.1) is 11.3 Å². The molecular weight excluding hydrogens is 504 g/mol. The van der Waals surface area contributed by atoms with Crippen molar-refractivity contribution in [3.63, 3.8) is 0 Å². The van der Waals surface area contributed by atoms with Gasteiger partial charge in [-0.25, -0.2) is 9.97 Å². The van der Waals surface area contributed by atoms with Gasteiger partial charge in [0.15, 0.2) is 11.5 Å². The Kier molecular flexibility index (Phi) is 8.27. The standard InChI is InChI=1S/C31H34N6O3/c1-36(2)24-11-13-37(14-12-24)29-19-33-26-8-7-23(25(17-32)31(26)35-29)15-21-5-9-27(28(16-21)38-3)40-20-22-6-10-30(39-4)34-18-22/h5-10,16,18-19,24H,11-15,20H2,1-4H3. The van der Waals surface area contributed by atoms with Crippen LogP contribution in [0.3, 0.4) is 0 Å². The van der Waals surface area contributed by atoms with Crippen LogP contribution in [0.2, 0.25) is 0 Å². The molecule has 0 aliphatic carbocycles. The Morgan fingerprint density at radius 3 is 2.42 bits per heavy atom. The molecule has 0 bridgehead atoms. The molecule has 0 amide bonds. The lowest BCUT2D eigenvalue weighted by Crippen LogP contribution is -2.42. The molecule has 0 saturated carbocycles. The first-order valence-corrected chi connectivity index (χ1v) is 13.4. The minimum atomic E-state index is 0.351. The topological polar surface area (TPSA) is 96.6 Å². The maximum absolute atomic E-state index is 10.2. The van der Waals surface area contributed by atoms with Gasteiger partial charge in [-0.3, -0.25) is 4.98 Å². The summed E-state index contributed by atoms with van der Waals surface area (Å²) in [7, 11) is 7.47. The number of benzene rings is 2. The molecule has 4 aromatic rings. The average molecular weight is 539 g/mol. The number of pyridine rings is 1. The zero-order chi connectivity index (χ0) is 28.1. The van der Waals surface area contributed by atoms with E-state index in [2.05, 4.69) is 39.9 Å². The van der Waals surface area contributed by atoms with E-state index in [4.69, 9.17) is 19.2 Å². The highest BCUT2D eigenvalue weighted by molar-refractivity contribution is 5.83. The summed E-state index contributed by atoms with van der Waals surface area (Å²) in [4.78, 5) is 18.3. The summed E-state index contributed by atoms with van der Waals surface area (Å²) in [5.41, 5.74) is 4.74. The highest BCUT2D eigenvalue weighted by atomic mass is 16.5. The van der Waals surface area contributed by atoms with Crippen LogP contribution in [0.15, 0.2) is 54.9 Å². The number of hydrogen-bond acceptors (Lipinski definition) is 9. The number of anilines is 1. The van der Waals surface area contributed by atoms with Gasteiger partial charge < -0.3 is 24.0 Å². The molecule has 5 rings (SSSR count). The van der Waals surface area contributed by atoms with Crippen LogP contribution in [-0.4, -0.2) is 67.3 Å². The maximum Gasteiger partial charge on any atom is 0.212 e. The number of nitrogens with zero attached hydrogens (tertiary/aromatic N) is 6. The van der Waals surface area contributed by atoms with Crippen LogP contribution in [0.25, 0.3) is 11.0 Å². The van der Waals surface area contributed by atoms with E-state index in [-0.39, 0.29) is 0 Å². The minimum Gasteiger partial charge on any atom is -0.493 e. The van der Waals surface area contributed by atoms with Crippen molar-refractivity contribution in [2.24, 2.45) is 0 Å². The van der Waals surface area contributed by atoms with Crippen LogP contribution in [-0.2, 0) is 13.0 Å². The highest BCUT2D eigenvalue weighted by Gasteiger charge is 2.22. The first-order chi connectivity index (χ1) is 19.5. The van der Waals surface area contributed by atoms with Gasteiger partial charge in [-0.2, -0.15) is 5.26 Å². The molecule has 9 heteroatoms. The quantitative estimate of drug-likeness (QED) is 0.303. The predicted molar refractivity (Wildman–Crippen MR) is 154 cm³/mol. The molecule has 206 valence electrons. The fourth-order valence-electron chi connectivity index (χ4n) is 5.09. The second kappa shape index (κ2) is 12.2. The van der Waals surface area contributed by atoms with Gasteiger partial charge in [0, 0.05) is 37.0 Å². The fourth-order valence-corrected chi connectivity index (χ4v) is 5.09. The second-order valence-electron chi connectivity index (χ2n) is 10.1. The predicted octanol–water partition coefficient (Wildman–Crippen LogP) is 4.61. The molecule has 0 N–H and O–H groups in total. The van der Waals surface area contributed by atoms with Crippen molar-refractivity contribution in [1.29, 1.82) is 5.26 Å². The molecule has 0 radical (unpaired) electrons. The summed E-state index contributed by atoms with van der Waals surface area (Å²) in [6, 6.07) is 16.4. The third-order valence-corrected chi connectivity index (χ3v) is 7.44. The molecular formula is C31H34N6O3. The van der Waals surface area contributed by atoms with Crippen molar-refractivity contribution in [2.45, 2.75) is 31.9 Å². The number of methoxy groups -OCH3 is 2. The zero-order valence-electron chi connectivity index (χ0n) is 23.4. The van der Waals surface area contributed by atoms with E-state index in [1.807, 2.05) is 42.6 Å². The van der Waals surface area contributed by atoms with Gasteiger partial charge in [0.2, 0.25) is 5.88 Å². The van der Waals surface area contributed by atoms with E-state index >= 15 is 0 Å². The third kappa shape index (κ3) is 5.92. The summed E-state index contributed by atoms with van der Waals surface area (Å²) < 4.78 is 16.7. The number of piperidine rings is 1. The summed E-state index contributed by atoms with van der Waals surface area (Å²) in [6.45, 7) is 2.20. The molecule has 9 nitrogen and oxygen atoms in total. The van der Waals surface area contributed by atoms with E-state index in [1.165, 1.54) is 0 Å². The molecule has 1 aliphatic rings. The van der Waals surface area contributed by atoms with Gasteiger partial charge in [-0.15, -0.1) is 0 Å². The number of nitriles is 1. The van der Waals surface area contributed by atoms with Gasteiger partial charge in [0.25, 0.3) is 0 Å². The third-order valence-electron chi connectivity index (χ3n) is 7.44. The zero-order valence-corrected chi connectivity index (χ0v) is 23.4. The summed E-state index contributed by atoms with van der Waals surface area (Å²) in [5, 5.41) is 10.2. The number of aromatic nitrogens is 3. The smallest absolute Gasteiger partial charge is 0.212 e. The largest absolute Gasteiger partial charge is 0.493 e. The van der Waals surface area contributed by atoms with Gasteiger partial charge in [0.1, 0.15) is 24.0 Å². The molecule has 2 aromatic heterocycles. The van der Waals surface area contributed by atoms with Crippen LogP contribution in [0.5, 0.6) is 17.4 Å². The van der Waals surface area contributed by atoms with Crippen LogP contribution < -0.4 is 19.1 Å². The number of ether oxygens (including phenoxy) is 3. The average Bonchev–Trinajstić information content (AvgIpc) is 3.00. The monoisotopic (exact) mass is 538 g/mol. The van der Waals surface area contributed by atoms with Crippen molar-refractivity contribution in [3.05, 3.63) is 77.1 Å². The molecule has 0 spiro atoms. The van der Waals surface area contributed by atoms with E-state index in [9.17, 15) is 5.26 Å². The molecule has 40 heavy (non-hydrogen) atoms. The Bertz CT molecular complexity index is 1510. The van der Waals surface area contributed by atoms with Crippen molar-refractivity contribution in [3.8, 4) is 23.4 Å². The fraction of sp³-hybridized carbons (Fsp3) is 0.355. The first kappa shape index (κ1) is 27.2. The molecule has 1 fully saturated rings. The lowest BCUT2D eigenvalue weighted by molar-refractivity contribution is 0.249. The normalized spacial score (nSPS) is 13.8. The van der Waals surface area contributed by atoms with Crippen molar-refractivity contribution in [2.75, 3.05) is 46.3 Å². The summed E-state index contributed by atoms with van der Waals surface area (Å²) in [5.74, 6) is 2.65. The van der Waals surface area contributed by atoms with E-state index in [0.29, 0.717) is 47.5 Å². The Labute approximate surface area is 235 Å². The lowest BCUT2D eigenvalue weighted by Gasteiger charge is -2.35.